The monoisotopic (exact) mass is 190 g/mol. The second-order valence-corrected chi connectivity index (χ2v) is 3.79. The van der Waals surface area contributed by atoms with Crippen molar-refractivity contribution in [1.29, 1.82) is 0 Å². The zero-order valence-electron chi connectivity index (χ0n) is 5.55. The Kier molecular flexibility index (Phi) is 14.1. The molecule has 0 aromatic heterocycles. The van der Waals surface area contributed by atoms with Gasteiger partial charge in [0.2, 0.25) is 0 Å². The molecule has 0 aromatic carbocycles. The van der Waals surface area contributed by atoms with E-state index >= 15 is 0 Å². The first-order valence-electron chi connectivity index (χ1n) is 2.10. The second-order valence-electron chi connectivity index (χ2n) is 1.09. The van der Waals surface area contributed by atoms with Crippen LogP contribution < -0.4 is 29.6 Å². The summed E-state index contributed by atoms with van der Waals surface area (Å²) in [4.78, 5) is 0. The minimum atomic E-state index is 0. The van der Waals surface area contributed by atoms with E-state index in [2.05, 4.69) is 24.8 Å². The number of hydrogen-bond acceptors (Lipinski definition) is 4. The summed E-state index contributed by atoms with van der Waals surface area (Å²) in [6.07, 6.45) is 0. The van der Waals surface area contributed by atoms with Crippen LogP contribution in [0, 0.1) is 0 Å². The third kappa shape index (κ3) is 12.7. The largest absolute Gasteiger partial charge is 1.00 e. The third-order valence-electron chi connectivity index (χ3n) is 0.507. The maximum atomic E-state index is 4.77. The predicted octanol–water partition coefficient (Wildman–Crippen LogP) is -1.80. The molecule has 0 aliphatic rings. The smallest absolute Gasteiger partial charge is 0.422 e. The van der Waals surface area contributed by atoms with Crippen molar-refractivity contribution in [2.75, 3.05) is 19.5 Å². The summed E-state index contributed by atoms with van der Waals surface area (Å²) in [6, 6.07) is 0. The topological polar surface area (TPSA) is 9.23 Å². The fourth-order valence-corrected chi connectivity index (χ4v) is 1.12. The predicted molar refractivity (Wildman–Crippen MR) is 44.3 cm³/mol. The Labute approximate surface area is 93.0 Å². The molecular weight excluding hydrogens is 183 g/mol. The van der Waals surface area contributed by atoms with Gasteiger partial charge in [-0.1, -0.05) is 3.53 Å². The number of thiocarbonyl (C=S) groups is 1. The fraction of sp³-hybridized carbons (Fsp3) is 0.750. The average Bonchev–Trinajstić information content (AvgIpc) is 1.66. The van der Waals surface area contributed by atoms with Crippen LogP contribution in [0.15, 0.2) is 0 Å². The van der Waals surface area contributed by atoms with Crippen molar-refractivity contribution in [2.45, 2.75) is 0 Å². The Morgan fingerprint density at radius 1 is 1.78 bits per heavy atom. The molecule has 0 amide bonds. The van der Waals surface area contributed by atoms with Gasteiger partial charge < -0.3 is 29.6 Å². The molecule has 9 heavy (non-hydrogen) atoms. The molecule has 0 saturated heterocycles. The van der Waals surface area contributed by atoms with Crippen LogP contribution in [0.3, 0.4) is 0 Å². The van der Waals surface area contributed by atoms with Crippen LogP contribution >= 0.6 is 24.0 Å². The first-order valence-corrected chi connectivity index (χ1v) is 3.90. The van der Waals surface area contributed by atoms with E-state index in [9.17, 15) is 0 Å². The van der Waals surface area contributed by atoms with E-state index in [0.717, 1.165) is 12.4 Å². The maximum absolute atomic E-state index is 4.77. The SMILES string of the molecule is COCCSC(=S)[S-].[Na+]. The molecule has 0 aromatic rings. The van der Waals surface area contributed by atoms with Gasteiger partial charge in [0.05, 0.1) is 6.61 Å². The second kappa shape index (κ2) is 9.62. The minimum Gasteiger partial charge on any atom is -0.422 e. The molecule has 0 N–H and O–H groups in total. The summed E-state index contributed by atoms with van der Waals surface area (Å²) < 4.78 is 5.34. The standard InChI is InChI=1S/C4H8OS3.Na/c1-5-2-3-8-4(6)7;/h2-3H2,1H3,(H,6,7);/q;+1/p-1. The molecule has 1 nitrogen and oxygen atoms in total. The molecule has 0 atom stereocenters. The summed E-state index contributed by atoms with van der Waals surface area (Å²) in [5, 5.41) is 0. The number of hydrogen-bond donors (Lipinski definition) is 0. The Hall–Kier alpha value is 1.62. The molecule has 0 aliphatic carbocycles. The van der Waals surface area contributed by atoms with Crippen molar-refractivity contribution >= 4 is 40.1 Å². The van der Waals surface area contributed by atoms with Gasteiger partial charge in [0.15, 0.2) is 0 Å². The minimum absolute atomic E-state index is 0. The van der Waals surface area contributed by atoms with Crippen LogP contribution in [0.2, 0.25) is 0 Å². The summed E-state index contributed by atoms with van der Waals surface area (Å²) >= 11 is 10.7. The van der Waals surface area contributed by atoms with Crippen LogP contribution in [0.25, 0.3) is 0 Å². The Bertz CT molecular complexity index is 78.2. The van der Waals surface area contributed by atoms with Crippen molar-refractivity contribution < 1.29 is 34.3 Å². The van der Waals surface area contributed by atoms with Gasteiger partial charge >= 0.3 is 29.6 Å². The molecular formula is C4H7NaOS3. The molecule has 0 heterocycles. The van der Waals surface area contributed by atoms with Gasteiger partial charge in [-0.05, 0) is 0 Å². The van der Waals surface area contributed by atoms with E-state index < -0.39 is 0 Å². The molecule has 0 radical (unpaired) electrons. The van der Waals surface area contributed by atoms with Gasteiger partial charge in [0.1, 0.15) is 0 Å². The van der Waals surface area contributed by atoms with Crippen molar-refractivity contribution in [3.63, 3.8) is 0 Å². The number of methoxy groups -OCH3 is 1. The normalized spacial score (nSPS) is 8.11. The average molecular weight is 190 g/mol. The molecule has 0 spiro atoms. The molecule has 48 valence electrons. The van der Waals surface area contributed by atoms with Crippen LogP contribution in [0.4, 0.5) is 0 Å². The number of rotatable bonds is 3. The van der Waals surface area contributed by atoms with Crippen LogP contribution in [0.5, 0.6) is 0 Å². The quantitative estimate of drug-likeness (QED) is 0.225. The van der Waals surface area contributed by atoms with E-state index in [1.165, 1.54) is 11.8 Å². The van der Waals surface area contributed by atoms with Gasteiger partial charge in [0, 0.05) is 12.9 Å². The summed E-state index contributed by atoms with van der Waals surface area (Å²) in [7, 11) is 1.66. The zero-order valence-corrected chi connectivity index (χ0v) is 10.00. The molecule has 0 unspecified atom stereocenters. The Balaban J connectivity index is 0. The van der Waals surface area contributed by atoms with Crippen LogP contribution in [-0.4, -0.2) is 23.0 Å². The van der Waals surface area contributed by atoms with Crippen molar-refractivity contribution in [3.8, 4) is 0 Å². The first kappa shape index (κ1) is 13.2. The molecule has 0 saturated carbocycles. The van der Waals surface area contributed by atoms with Gasteiger partial charge in [-0.2, -0.15) is 0 Å². The molecule has 5 heteroatoms. The van der Waals surface area contributed by atoms with Crippen molar-refractivity contribution in [1.82, 2.24) is 0 Å². The van der Waals surface area contributed by atoms with Gasteiger partial charge in [0.25, 0.3) is 0 Å². The van der Waals surface area contributed by atoms with Crippen molar-refractivity contribution in [3.05, 3.63) is 0 Å². The van der Waals surface area contributed by atoms with Gasteiger partial charge in [-0.3, -0.25) is 0 Å². The molecule has 0 rings (SSSR count). The maximum Gasteiger partial charge on any atom is 1.00 e. The van der Waals surface area contributed by atoms with Gasteiger partial charge in [-0.15, -0.1) is 11.8 Å². The van der Waals surface area contributed by atoms with E-state index in [4.69, 9.17) is 4.74 Å². The summed E-state index contributed by atoms with van der Waals surface area (Å²) in [6.45, 7) is 0.724. The van der Waals surface area contributed by atoms with Gasteiger partial charge in [-0.25, -0.2) is 0 Å². The van der Waals surface area contributed by atoms with E-state index in [1.54, 1.807) is 7.11 Å². The van der Waals surface area contributed by atoms with Crippen LogP contribution in [0.1, 0.15) is 0 Å². The number of thioether (sulfide) groups is 1. The Morgan fingerprint density at radius 2 is 2.33 bits per heavy atom. The van der Waals surface area contributed by atoms with E-state index in [0.29, 0.717) is 3.53 Å². The van der Waals surface area contributed by atoms with E-state index in [-0.39, 0.29) is 29.6 Å². The number of ether oxygens (including phenoxy) is 1. The van der Waals surface area contributed by atoms with Crippen LogP contribution in [-0.2, 0) is 17.4 Å². The molecule has 0 fully saturated rings. The summed E-state index contributed by atoms with van der Waals surface area (Å²) in [5.41, 5.74) is 0. The first-order chi connectivity index (χ1) is 3.77. The Morgan fingerprint density at radius 3 is 2.67 bits per heavy atom. The zero-order chi connectivity index (χ0) is 6.41. The molecule has 0 aliphatic heterocycles. The fourth-order valence-electron chi connectivity index (χ4n) is 0.208. The third-order valence-corrected chi connectivity index (χ3v) is 1.82. The van der Waals surface area contributed by atoms with Crippen molar-refractivity contribution in [2.24, 2.45) is 0 Å². The summed E-state index contributed by atoms with van der Waals surface area (Å²) in [5.74, 6) is 0.874. The van der Waals surface area contributed by atoms with E-state index in [1.807, 2.05) is 0 Å². The molecule has 0 bridgehead atoms.